The Hall–Kier alpha value is 4.06. The fourth-order valence-corrected chi connectivity index (χ4v) is 0. The van der Waals surface area contributed by atoms with Crippen LogP contribution in [0.3, 0.4) is 0 Å². The van der Waals surface area contributed by atoms with E-state index in [9.17, 15) is 0 Å². The summed E-state index contributed by atoms with van der Waals surface area (Å²) in [5.74, 6) is 0. The third kappa shape index (κ3) is 74.1. The van der Waals surface area contributed by atoms with Crippen molar-refractivity contribution >= 4 is 48.1 Å². The van der Waals surface area contributed by atoms with Gasteiger partial charge in [0.15, 0.2) is 0 Å². The molecule has 40 valence electrons. The van der Waals surface area contributed by atoms with Crippen molar-refractivity contribution < 1.29 is 111 Å². The SMILES string of the molecule is O=S(=O)([O-])[O-].[Ca+2].[Cl-].[K+].[Na+]. The van der Waals surface area contributed by atoms with Gasteiger partial charge in [-0.05, 0) is 0 Å². The van der Waals surface area contributed by atoms with Crippen LogP contribution in [-0.4, -0.2) is 55.3 Å². The minimum Gasteiger partial charge on any atom is -1.00 e. The molecule has 0 atom stereocenters. The molecule has 0 spiro atoms. The molecule has 4 nitrogen and oxygen atoms in total. The average Bonchev–Trinajstić information content (AvgIpc) is 0.722. The molecular formula is CaClKNaO4S+. The molecule has 0 aliphatic heterocycles. The second-order valence-electron chi connectivity index (χ2n) is 0.408. The summed E-state index contributed by atoms with van der Waals surface area (Å²) in [6.45, 7) is 0. The Balaban J connectivity index is -0.0000000133. The zero-order valence-electron chi connectivity index (χ0n) is 5.13. The molecule has 0 aliphatic rings. The molecule has 0 rings (SSSR count). The van der Waals surface area contributed by atoms with Gasteiger partial charge >= 0.3 is 119 Å². The van der Waals surface area contributed by atoms with Crippen LogP contribution >= 0.6 is 0 Å². The smallest absolute Gasteiger partial charge is 1.00 e. The van der Waals surface area contributed by atoms with E-state index in [4.69, 9.17) is 17.5 Å². The Morgan fingerprint density at radius 1 is 1.11 bits per heavy atom. The molecule has 0 aromatic carbocycles. The van der Waals surface area contributed by atoms with Crippen LogP contribution in [0.1, 0.15) is 0 Å². The Labute approximate surface area is 155 Å². The van der Waals surface area contributed by atoms with E-state index in [0.29, 0.717) is 0 Å². The van der Waals surface area contributed by atoms with Crippen molar-refractivity contribution in [2.75, 3.05) is 0 Å². The van der Waals surface area contributed by atoms with Gasteiger partial charge < -0.3 is 21.5 Å². The molecule has 0 amide bonds. The molecule has 0 aliphatic carbocycles. The molecular weight excluding hydrogens is 234 g/mol. The number of hydrogen-bond donors (Lipinski definition) is 0. The van der Waals surface area contributed by atoms with Crippen LogP contribution < -0.4 is 93.3 Å². The Morgan fingerprint density at radius 2 is 1.11 bits per heavy atom. The van der Waals surface area contributed by atoms with E-state index in [1.165, 1.54) is 0 Å². The average molecular weight is 234 g/mol. The molecule has 0 N–H and O–H groups in total. The molecule has 9 heavy (non-hydrogen) atoms. The molecule has 0 unspecified atom stereocenters. The van der Waals surface area contributed by atoms with Crippen LogP contribution in [0.15, 0.2) is 0 Å². The second-order valence-corrected chi connectivity index (χ2v) is 1.22. The summed E-state index contributed by atoms with van der Waals surface area (Å²) in [7, 11) is -5.17. The van der Waals surface area contributed by atoms with Gasteiger partial charge in [0.25, 0.3) is 0 Å². The van der Waals surface area contributed by atoms with Crippen LogP contribution in [0.2, 0.25) is 0 Å². The molecule has 0 heterocycles. The van der Waals surface area contributed by atoms with E-state index in [2.05, 4.69) is 0 Å². The van der Waals surface area contributed by atoms with E-state index in [1.54, 1.807) is 0 Å². The van der Waals surface area contributed by atoms with Gasteiger partial charge in [-0.2, -0.15) is 0 Å². The predicted octanol–water partition coefficient (Wildman–Crippen LogP) is -10.7. The van der Waals surface area contributed by atoms with Crippen molar-refractivity contribution in [2.45, 2.75) is 0 Å². The zero-order valence-corrected chi connectivity index (χ0v) is 14.0. The van der Waals surface area contributed by atoms with Gasteiger partial charge in [0.05, 0.1) is 0 Å². The number of rotatable bonds is 0. The van der Waals surface area contributed by atoms with Crippen molar-refractivity contribution in [3.05, 3.63) is 0 Å². The maximum Gasteiger partial charge on any atom is 2.00 e. The van der Waals surface area contributed by atoms with E-state index < -0.39 is 10.4 Å². The Kier molecular flexibility index (Phi) is 47.3. The monoisotopic (exact) mass is 233 g/mol. The van der Waals surface area contributed by atoms with Gasteiger partial charge in [0.1, 0.15) is 0 Å². The van der Waals surface area contributed by atoms with Gasteiger partial charge in [-0.25, -0.2) is 0 Å². The molecule has 0 radical (unpaired) electrons. The third-order valence-corrected chi connectivity index (χ3v) is 0. The summed E-state index contributed by atoms with van der Waals surface area (Å²) in [6.07, 6.45) is 0. The van der Waals surface area contributed by atoms with Crippen LogP contribution in [0.4, 0.5) is 0 Å². The first-order valence-electron chi connectivity index (χ1n) is 0.667. The standard InChI is InChI=1S/Ca.ClH.K.Na.H2O4S/c;;;;1-5(2,3)4/h;1H;;;(H2,1,2,3,4)/q+2;;2*+1;/p-3. The summed E-state index contributed by atoms with van der Waals surface area (Å²) in [5, 5.41) is 0. The first kappa shape index (κ1) is 29.2. The normalized spacial score (nSPS) is 6.44. The van der Waals surface area contributed by atoms with Crippen molar-refractivity contribution in [3.63, 3.8) is 0 Å². The Bertz CT molecular complexity index is 104. The molecule has 9 heteroatoms. The van der Waals surface area contributed by atoms with Crippen LogP contribution in [0, 0.1) is 0 Å². The van der Waals surface area contributed by atoms with E-state index >= 15 is 0 Å². The Morgan fingerprint density at radius 3 is 1.11 bits per heavy atom. The topological polar surface area (TPSA) is 80.3 Å². The van der Waals surface area contributed by atoms with Gasteiger partial charge in [-0.3, -0.25) is 8.42 Å². The van der Waals surface area contributed by atoms with Crippen LogP contribution in [0.25, 0.3) is 0 Å². The van der Waals surface area contributed by atoms with E-state index in [0.717, 1.165) is 0 Å². The minimum absolute atomic E-state index is 0. The summed E-state index contributed by atoms with van der Waals surface area (Å²) in [5.41, 5.74) is 0. The maximum absolute atomic E-state index is 8.52. The first-order valence-corrected chi connectivity index (χ1v) is 2.00. The zero-order chi connectivity index (χ0) is 4.50. The van der Waals surface area contributed by atoms with Crippen molar-refractivity contribution in [3.8, 4) is 0 Å². The molecule has 0 bridgehead atoms. The maximum atomic E-state index is 8.52. The van der Waals surface area contributed by atoms with E-state index in [1.807, 2.05) is 0 Å². The van der Waals surface area contributed by atoms with Crippen LogP contribution in [-0.2, 0) is 10.4 Å². The minimum atomic E-state index is -5.17. The van der Waals surface area contributed by atoms with Gasteiger partial charge in [-0.1, -0.05) is 0 Å². The van der Waals surface area contributed by atoms with Crippen LogP contribution in [0.5, 0.6) is 0 Å². The third-order valence-electron chi connectivity index (χ3n) is 0. The number of halogens is 1. The molecule has 0 saturated heterocycles. The van der Waals surface area contributed by atoms with E-state index in [-0.39, 0.29) is 131 Å². The van der Waals surface area contributed by atoms with Gasteiger partial charge in [0.2, 0.25) is 0 Å². The fraction of sp³-hybridized carbons (Fsp3) is 0. The number of hydrogen-bond acceptors (Lipinski definition) is 4. The first-order chi connectivity index (χ1) is 2.00. The van der Waals surface area contributed by atoms with Gasteiger partial charge in [-0.15, -0.1) is 0 Å². The largest absolute Gasteiger partial charge is 2.00 e. The van der Waals surface area contributed by atoms with Gasteiger partial charge in [0, 0.05) is 10.4 Å². The molecule has 0 aromatic rings. The fourth-order valence-electron chi connectivity index (χ4n) is 0. The predicted molar refractivity (Wildman–Crippen MR) is 16.2 cm³/mol. The summed E-state index contributed by atoms with van der Waals surface area (Å²) in [4.78, 5) is 0. The summed E-state index contributed by atoms with van der Waals surface area (Å²) < 4.78 is 34.1. The van der Waals surface area contributed by atoms with Crippen molar-refractivity contribution in [1.29, 1.82) is 0 Å². The molecule has 0 fully saturated rings. The molecule has 0 saturated carbocycles. The van der Waals surface area contributed by atoms with Crippen molar-refractivity contribution in [1.82, 2.24) is 0 Å². The summed E-state index contributed by atoms with van der Waals surface area (Å²) >= 11 is 0. The second kappa shape index (κ2) is 14.6. The summed E-state index contributed by atoms with van der Waals surface area (Å²) in [6, 6.07) is 0. The van der Waals surface area contributed by atoms with Crippen molar-refractivity contribution in [2.24, 2.45) is 0 Å². The quantitative estimate of drug-likeness (QED) is 0.236. The molecule has 0 aromatic heterocycles.